The molecule has 0 spiro atoms. The lowest BCUT2D eigenvalue weighted by atomic mass is 9.75. The lowest BCUT2D eigenvalue weighted by molar-refractivity contribution is -0.0605. The van der Waals surface area contributed by atoms with Gasteiger partial charge < -0.3 is 14.8 Å². The maximum atomic E-state index is 6.03. The van der Waals surface area contributed by atoms with Gasteiger partial charge in [0.25, 0.3) is 0 Å². The van der Waals surface area contributed by atoms with E-state index in [0.29, 0.717) is 6.04 Å². The predicted molar refractivity (Wildman–Crippen MR) is 78.2 cm³/mol. The number of nitrogens with one attached hydrogen (secondary N) is 1. The minimum atomic E-state index is -0.0139. The topological polar surface area (TPSA) is 30.5 Å². The second kappa shape index (κ2) is 7.30. The van der Waals surface area contributed by atoms with E-state index in [0.717, 1.165) is 32.4 Å². The highest BCUT2D eigenvalue weighted by atomic mass is 16.5. The van der Waals surface area contributed by atoms with Crippen molar-refractivity contribution >= 4 is 0 Å². The quantitative estimate of drug-likeness (QED) is 0.800. The van der Waals surface area contributed by atoms with Crippen LogP contribution in [0.5, 0.6) is 0 Å². The normalized spacial score (nSPS) is 24.4. The summed E-state index contributed by atoms with van der Waals surface area (Å²) < 4.78 is 11.6. The zero-order chi connectivity index (χ0) is 13.6. The molecule has 2 aliphatic rings. The van der Waals surface area contributed by atoms with Gasteiger partial charge in [-0.25, -0.2) is 0 Å². The van der Waals surface area contributed by atoms with Crippen molar-refractivity contribution in [2.75, 3.05) is 20.3 Å². The molecular weight excluding hydrogens is 238 g/mol. The van der Waals surface area contributed by atoms with E-state index >= 15 is 0 Å². The highest BCUT2D eigenvalue weighted by molar-refractivity contribution is 5.18. The summed E-state index contributed by atoms with van der Waals surface area (Å²) >= 11 is 0. The molecule has 0 bridgehead atoms. The lowest BCUT2D eigenvalue weighted by Gasteiger charge is -2.44. The lowest BCUT2D eigenvalue weighted by Crippen LogP contribution is -2.54. The smallest absolute Gasteiger partial charge is 0.0876 e. The predicted octanol–water partition coefficient (Wildman–Crippen LogP) is 3.40. The first kappa shape index (κ1) is 14.9. The number of hydrogen-bond donors (Lipinski definition) is 1. The minimum absolute atomic E-state index is 0.0139. The van der Waals surface area contributed by atoms with Crippen molar-refractivity contribution in [1.29, 1.82) is 0 Å². The van der Waals surface area contributed by atoms with Crippen molar-refractivity contribution in [2.24, 2.45) is 0 Å². The van der Waals surface area contributed by atoms with Crippen LogP contribution in [0.15, 0.2) is 11.8 Å². The number of hydrogen-bond acceptors (Lipinski definition) is 3. The maximum Gasteiger partial charge on any atom is 0.0876 e. The summed E-state index contributed by atoms with van der Waals surface area (Å²) in [5, 5.41) is 3.73. The van der Waals surface area contributed by atoms with Crippen LogP contribution in [0.2, 0.25) is 0 Å². The molecule has 1 aliphatic carbocycles. The van der Waals surface area contributed by atoms with Crippen LogP contribution in [0.1, 0.15) is 58.3 Å². The Morgan fingerprint density at radius 3 is 2.68 bits per heavy atom. The van der Waals surface area contributed by atoms with E-state index in [1.165, 1.54) is 37.7 Å². The van der Waals surface area contributed by atoms with E-state index < -0.39 is 0 Å². The minimum Gasteiger partial charge on any atom is -0.501 e. The summed E-state index contributed by atoms with van der Waals surface area (Å²) in [5.41, 5.74) is 1.39. The molecule has 3 heteroatoms. The molecule has 1 N–H and O–H groups in total. The Hall–Kier alpha value is -0.540. The van der Waals surface area contributed by atoms with E-state index in [4.69, 9.17) is 9.47 Å². The van der Waals surface area contributed by atoms with Crippen LogP contribution >= 0.6 is 0 Å². The SMILES string of the molecule is CCCNC(C1=COCCC1)C1(OC)CCCCC1. The highest BCUT2D eigenvalue weighted by Crippen LogP contribution is 2.38. The summed E-state index contributed by atoms with van der Waals surface area (Å²) in [6.07, 6.45) is 11.7. The monoisotopic (exact) mass is 267 g/mol. The molecule has 1 saturated carbocycles. The molecule has 3 nitrogen and oxygen atoms in total. The fourth-order valence-electron chi connectivity index (χ4n) is 3.50. The summed E-state index contributed by atoms with van der Waals surface area (Å²) in [6.45, 7) is 4.13. The van der Waals surface area contributed by atoms with Crippen LogP contribution in [-0.4, -0.2) is 31.9 Å². The fraction of sp³-hybridized carbons (Fsp3) is 0.875. The van der Waals surface area contributed by atoms with E-state index in [-0.39, 0.29) is 5.60 Å². The van der Waals surface area contributed by atoms with Crippen LogP contribution in [0.4, 0.5) is 0 Å². The van der Waals surface area contributed by atoms with Gasteiger partial charge >= 0.3 is 0 Å². The number of ether oxygens (including phenoxy) is 2. The van der Waals surface area contributed by atoms with Gasteiger partial charge in [0.15, 0.2) is 0 Å². The first-order chi connectivity index (χ1) is 9.32. The van der Waals surface area contributed by atoms with Crippen molar-refractivity contribution in [3.8, 4) is 0 Å². The standard InChI is InChI=1S/C16H29NO2/c1-3-11-17-15(14-8-7-12-19-13-14)16(18-2)9-5-4-6-10-16/h13,15,17H,3-12H2,1-2H3. The van der Waals surface area contributed by atoms with Crippen LogP contribution in [-0.2, 0) is 9.47 Å². The molecule has 0 radical (unpaired) electrons. The van der Waals surface area contributed by atoms with Gasteiger partial charge in [0, 0.05) is 7.11 Å². The molecule has 1 atom stereocenters. The molecule has 0 aromatic heterocycles. The van der Waals surface area contributed by atoms with Crippen LogP contribution in [0, 0.1) is 0 Å². The molecule has 1 fully saturated rings. The largest absolute Gasteiger partial charge is 0.501 e. The van der Waals surface area contributed by atoms with Crippen LogP contribution in [0.3, 0.4) is 0 Å². The fourth-order valence-corrected chi connectivity index (χ4v) is 3.50. The molecule has 0 amide bonds. The van der Waals surface area contributed by atoms with Gasteiger partial charge in [-0.3, -0.25) is 0 Å². The summed E-state index contributed by atoms with van der Waals surface area (Å²) in [7, 11) is 1.89. The Morgan fingerprint density at radius 2 is 2.11 bits per heavy atom. The Kier molecular flexibility index (Phi) is 5.71. The maximum absolute atomic E-state index is 6.03. The first-order valence-corrected chi connectivity index (χ1v) is 7.91. The molecule has 1 heterocycles. The zero-order valence-corrected chi connectivity index (χ0v) is 12.5. The van der Waals surface area contributed by atoms with Crippen molar-refractivity contribution in [3.05, 3.63) is 11.8 Å². The second-order valence-electron chi connectivity index (χ2n) is 5.88. The van der Waals surface area contributed by atoms with Gasteiger partial charge in [-0.1, -0.05) is 26.2 Å². The van der Waals surface area contributed by atoms with Gasteiger partial charge in [0.05, 0.1) is 24.5 Å². The first-order valence-electron chi connectivity index (χ1n) is 7.91. The highest BCUT2D eigenvalue weighted by Gasteiger charge is 2.41. The Bertz CT molecular complexity index is 295. The average Bonchev–Trinajstić information content (AvgIpc) is 2.49. The van der Waals surface area contributed by atoms with Gasteiger partial charge in [0.1, 0.15) is 0 Å². The Morgan fingerprint density at radius 1 is 1.32 bits per heavy atom. The van der Waals surface area contributed by atoms with Gasteiger partial charge in [-0.05, 0) is 44.2 Å². The van der Waals surface area contributed by atoms with Crippen molar-refractivity contribution in [2.45, 2.75) is 69.9 Å². The van der Waals surface area contributed by atoms with Crippen LogP contribution < -0.4 is 5.32 Å². The molecular formula is C16H29NO2. The molecule has 1 unspecified atom stereocenters. The molecule has 0 aromatic rings. The molecule has 0 saturated heterocycles. The third-order valence-corrected chi connectivity index (χ3v) is 4.56. The molecule has 19 heavy (non-hydrogen) atoms. The van der Waals surface area contributed by atoms with E-state index in [2.05, 4.69) is 12.2 Å². The summed E-state index contributed by atoms with van der Waals surface area (Å²) in [5.74, 6) is 0. The van der Waals surface area contributed by atoms with Gasteiger partial charge in [-0.15, -0.1) is 0 Å². The van der Waals surface area contributed by atoms with Crippen molar-refractivity contribution in [3.63, 3.8) is 0 Å². The molecule has 2 rings (SSSR count). The summed E-state index contributed by atoms with van der Waals surface area (Å²) in [4.78, 5) is 0. The van der Waals surface area contributed by atoms with Gasteiger partial charge in [0.2, 0.25) is 0 Å². The average molecular weight is 267 g/mol. The third-order valence-electron chi connectivity index (χ3n) is 4.56. The Balaban J connectivity index is 2.16. The Labute approximate surface area is 117 Å². The molecule has 1 aliphatic heterocycles. The number of rotatable bonds is 6. The van der Waals surface area contributed by atoms with Crippen molar-refractivity contribution in [1.82, 2.24) is 5.32 Å². The van der Waals surface area contributed by atoms with E-state index in [1.54, 1.807) is 0 Å². The summed E-state index contributed by atoms with van der Waals surface area (Å²) in [6, 6.07) is 0.332. The van der Waals surface area contributed by atoms with E-state index in [1.807, 2.05) is 13.4 Å². The number of methoxy groups -OCH3 is 1. The zero-order valence-electron chi connectivity index (χ0n) is 12.5. The van der Waals surface area contributed by atoms with Crippen molar-refractivity contribution < 1.29 is 9.47 Å². The molecule has 0 aromatic carbocycles. The van der Waals surface area contributed by atoms with Crippen LogP contribution in [0.25, 0.3) is 0 Å². The molecule has 110 valence electrons. The van der Waals surface area contributed by atoms with E-state index in [9.17, 15) is 0 Å². The third kappa shape index (κ3) is 3.51. The van der Waals surface area contributed by atoms with Gasteiger partial charge in [-0.2, -0.15) is 0 Å². The second-order valence-corrected chi connectivity index (χ2v) is 5.88.